The molecule has 1 atom stereocenters. The zero-order valence-electron chi connectivity index (χ0n) is 11.0. The molecule has 96 valence electrons. The van der Waals surface area contributed by atoms with Crippen LogP contribution in [0, 0.1) is 5.92 Å². The van der Waals surface area contributed by atoms with E-state index in [1.165, 1.54) is 0 Å². The van der Waals surface area contributed by atoms with Crippen molar-refractivity contribution in [1.82, 2.24) is 5.32 Å². The lowest BCUT2D eigenvalue weighted by atomic mass is 9.74. The third-order valence-corrected chi connectivity index (χ3v) is 4.02. The van der Waals surface area contributed by atoms with Crippen LogP contribution < -0.4 is 5.32 Å². The molecule has 1 unspecified atom stereocenters. The average Bonchev–Trinajstić information content (AvgIpc) is 2.29. The summed E-state index contributed by atoms with van der Waals surface area (Å²) >= 11 is 0. The van der Waals surface area contributed by atoms with Crippen molar-refractivity contribution in [3.63, 3.8) is 0 Å². The Morgan fingerprint density at radius 1 is 1.44 bits per heavy atom. The van der Waals surface area contributed by atoms with Crippen LogP contribution in [0.3, 0.4) is 0 Å². The van der Waals surface area contributed by atoms with Gasteiger partial charge in [-0.15, -0.1) is 0 Å². The Balaban J connectivity index is 2.36. The Labute approximate surface area is 99.6 Å². The monoisotopic (exact) mass is 229 g/mol. The van der Waals surface area contributed by atoms with Crippen LogP contribution >= 0.6 is 0 Å². The summed E-state index contributed by atoms with van der Waals surface area (Å²) in [6.07, 6.45) is 5.01. The molecule has 0 bridgehead atoms. The lowest BCUT2D eigenvalue weighted by molar-refractivity contribution is -0.0565. The summed E-state index contributed by atoms with van der Waals surface area (Å²) in [4.78, 5) is 0. The summed E-state index contributed by atoms with van der Waals surface area (Å²) in [6, 6.07) is 0.611. The Morgan fingerprint density at radius 2 is 2.06 bits per heavy atom. The van der Waals surface area contributed by atoms with Crippen molar-refractivity contribution in [3.8, 4) is 0 Å². The number of nitrogens with one attached hydrogen (secondary N) is 1. The standard InChI is InChI=1S/C13H27NO2/c1-4-14-12-5-8-13(15,9-6-12)11(2)7-10-16-3/h11-12,14-15H,4-10H2,1-3H3. The third kappa shape index (κ3) is 3.72. The molecule has 1 rings (SSSR count). The summed E-state index contributed by atoms with van der Waals surface area (Å²) in [7, 11) is 1.72. The van der Waals surface area contributed by atoms with E-state index in [4.69, 9.17) is 4.74 Å². The van der Waals surface area contributed by atoms with Crippen LogP contribution in [-0.4, -0.2) is 37.0 Å². The number of methoxy groups -OCH3 is 1. The van der Waals surface area contributed by atoms with E-state index in [9.17, 15) is 5.11 Å². The summed E-state index contributed by atoms with van der Waals surface area (Å²) in [5.74, 6) is 0.343. The van der Waals surface area contributed by atoms with Crippen LogP contribution in [0.25, 0.3) is 0 Å². The molecule has 1 aliphatic carbocycles. The molecule has 0 aromatic heterocycles. The number of rotatable bonds is 6. The molecule has 0 aliphatic heterocycles. The zero-order chi connectivity index (χ0) is 12.0. The minimum absolute atomic E-state index is 0.343. The van der Waals surface area contributed by atoms with Gasteiger partial charge in [-0.25, -0.2) is 0 Å². The Hall–Kier alpha value is -0.120. The minimum Gasteiger partial charge on any atom is -0.390 e. The maximum Gasteiger partial charge on any atom is 0.0675 e. The second kappa shape index (κ2) is 6.58. The van der Waals surface area contributed by atoms with E-state index < -0.39 is 5.60 Å². The van der Waals surface area contributed by atoms with Gasteiger partial charge in [0, 0.05) is 19.8 Å². The molecule has 2 N–H and O–H groups in total. The van der Waals surface area contributed by atoms with Crippen LogP contribution in [0.1, 0.15) is 46.0 Å². The van der Waals surface area contributed by atoms with E-state index in [2.05, 4.69) is 19.2 Å². The van der Waals surface area contributed by atoms with E-state index in [1.807, 2.05) is 0 Å². The van der Waals surface area contributed by atoms with Gasteiger partial charge in [0.1, 0.15) is 0 Å². The number of hydrogen-bond acceptors (Lipinski definition) is 3. The maximum atomic E-state index is 10.6. The Bertz CT molecular complexity index is 188. The van der Waals surface area contributed by atoms with Crippen molar-refractivity contribution in [1.29, 1.82) is 0 Å². The molecular formula is C13H27NO2. The van der Waals surface area contributed by atoms with Crippen LogP contribution in [0.4, 0.5) is 0 Å². The van der Waals surface area contributed by atoms with Gasteiger partial charge in [-0.1, -0.05) is 13.8 Å². The molecule has 16 heavy (non-hydrogen) atoms. The molecule has 1 aliphatic rings. The van der Waals surface area contributed by atoms with Gasteiger partial charge in [-0.3, -0.25) is 0 Å². The number of ether oxygens (including phenoxy) is 1. The van der Waals surface area contributed by atoms with Crippen molar-refractivity contribution in [3.05, 3.63) is 0 Å². The quantitative estimate of drug-likeness (QED) is 0.731. The van der Waals surface area contributed by atoms with Crippen molar-refractivity contribution < 1.29 is 9.84 Å². The lowest BCUT2D eigenvalue weighted by Crippen LogP contribution is -2.45. The number of aliphatic hydroxyl groups is 1. The summed E-state index contributed by atoms with van der Waals surface area (Å²) in [5.41, 5.74) is -0.454. The second-order valence-electron chi connectivity index (χ2n) is 5.12. The summed E-state index contributed by atoms with van der Waals surface area (Å²) < 4.78 is 5.08. The molecule has 0 heterocycles. The van der Waals surface area contributed by atoms with Crippen molar-refractivity contribution in [2.45, 2.75) is 57.6 Å². The topological polar surface area (TPSA) is 41.5 Å². The highest BCUT2D eigenvalue weighted by Gasteiger charge is 2.37. The van der Waals surface area contributed by atoms with Crippen LogP contribution in [0.5, 0.6) is 0 Å². The molecule has 3 nitrogen and oxygen atoms in total. The van der Waals surface area contributed by atoms with Gasteiger partial charge in [0.25, 0.3) is 0 Å². The van der Waals surface area contributed by atoms with E-state index in [1.54, 1.807) is 7.11 Å². The van der Waals surface area contributed by atoms with Gasteiger partial charge in [0.05, 0.1) is 5.60 Å². The Kier molecular flexibility index (Phi) is 5.73. The second-order valence-corrected chi connectivity index (χ2v) is 5.12. The van der Waals surface area contributed by atoms with Crippen molar-refractivity contribution in [2.75, 3.05) is 20.3 Å². The van der Waals surface area contributed by atoms with Crippen molar-refractivity contribution in [2.24, 2.45) is 5.92 Å². The van der Waals surface area contributed by atoms with Gasteiger partial charge in [-0.05, 0) is 44.6 Å². The SMILES string of the molecule is CCNC1CCC(O)(C(C)CCOC)CC1. The van der Waals surface area contributed by atoms with Crippen LogP contribution in [0.15, 0.2) is 0 Å². The average molecular weight is 229 g/mol. The molecule has 0 aromatic carbocycles. The highest BCUT2D eigenvalue weighted by Crippen LogP contribution is 2.35. The maximum absolute atomic E-state index is 10.6. The first-order chi connectivity index (χ1) is 7.62. The first-order valence-electron chi connectivity index (χ1n) is 6.57. The van der Waals surface area contributed by atoms with E-state index >= 15 is 0 Å². The zero-order valence-corrected chi connectivity index (χ0v) is 11.0. The fraction of sp³-hybridized carbons (Fsp3) is 1.00. The predicted octanol–water partition coefficient (Wildman–Crippen LogP) is 1.94. The molecule has 1 saturated carbocycles. The highest BCUT2D eigenvalue weighted by atomic mass is 16.5. The molecule has 0 spiro atoms. The normalized spacial score (nSPS) is 32.6. The fourth-order valence-electron chi connectivity index (χ4n) is 2.67. The predicted molar refractivity (Wildman–Crippen MR) is 66.5 cm³/mol. The first-order valence-corrected chi connectivity index (χ1v) is 6.57. The molecule has 0 amide bonds. The highest BCUT2D eigenvalue weighted by molar-refractivity contribution is 4.91. The van der Waals surface area contributed by atoms with Gasteiger partial charge in [0.15, 0.2) is 0 Å². The van der Waals surface area contributed by atoms with E-state index in [0.717, 1.165) is 45.3 Å². The molecule has 3 heteroatoms. The molecule has 1 fully saturated rings. The van der Waals surface area contributed by atoms with Gasteiger partial charge < -0.3 is 15.2 Å². The van der Waals surface area contributed by atoms with E-state index in [-0.39, 0.29) is 0 Å². The molecule has 0 saturated heterocycles. The third-order valence-electron chi connectivity index (χ3n) is 4.02. The van der Waals surface area contributed by atoms with E-state index in [0.29, 0.717) is 12.0 Å². The smallest absolute Gasteiger partial charge is 0.0675 e. The van der Waals surface area contributed by atoms with Gasteiger partial charge >= 0.3 is 0 Å². The van der Waals surface area contributed by atoms with Gasteiger partial charge in [-0.2, -0.15) is 0 Å². The summed E-state index contributed by atoms with van der Waals surface area (Å²) in [6.45, 7) is 6.07. The number of hydrogen-bond donors (Lipinski definition) is 2. The lowest BCUT2D eigenvalue weighted by Gasteiger charge is -2.40. The van der Waals surface area contributed by atoms with Crippen molar-refractivity contribution >= 4 is 0 Å². The molecule has 0 radical (unpaired) electrons. The first kappa shape index (κ1) is 13.9. The summed E-state index contributed by atoms with van der Waals surface area (Å²) in [5, 5.41) is 14.0. The molecular weight excluding hydrogens is 202 g/mol. The van der Waals surface area contributed by atoms with Gasteiger partial charge in [0.2, 0.25) is 0 Å². The Morgan fingerprint density at radius 3 is 2.56 bits per heavy atom. The fourth-order valence-corrected chi connectivity index (χ4v) is 2.67. The molecule has 0 aromatic rings. The van der Waals surface area contributed by atoms with Crippen LogP contribution in [-0.2, 0) is 4.74 Å². The minimum atomic E-state index is -0.454. The van der Waals surface area contributed by atoms with Crippen LogP contribution in [0.2, 0.25) is 0 Å². The largest absolute Gasteiger partial charge is 0.390 e.